The predicted octanol–water partition coefficient (Wildman–Crippen LogP) is 1.86. The second-order valence-corrected chi connectivity index (χ2v) is 6.12. The zero-order chi connectivity index (χ0) is 15.9. The molecule has 0 spiro atoms. The van der Waals surface area contributed by atoms with Gasteiger partial charge in [0.05, 0.1) is 12.5 Å². The van der Waals surface area contributed by atoms with Gasteiger partial charge in [-0.3, -0.25) is 9.59 Å². The van der Waals surface area contributed by atoms with Crippen LogP contribution in [0.1, 0.15) is 47.5 Å². The van der Waals surface area contributed by atoms with E-state index in [0.29, 0.717) is 12.5 Å². The zero-order valence-electron chi connectivity index (χ0n) is 13.3. The maximum absolute atomic E-state index is 11.9. The Hall–Kier alpha value is -1.10. The average Bonchev–Trinajstić information content (AvgIpc) is 2.39. The molecule has 0 fully saturated rings. The average molecular weight is 286 g/mol. The molecule has 0 aromatic heterocycles. The summed E-state index contributed by atoms with van der Waals surface area (Å²) in [5.74, 6) is -0.365. The van der Waals surface area contributed by atoms with Gasteiger partial charge in [0.15, 0.2) is 0 Å². The molecule has 0 radical (unpaired) electrons. The number of hydrogen-bond acceptors (Lipinski definition) is 3. The summed E-state index contributed by atoms with van der Waals surface area (Å²) in [6.45, 7) is 10.5. The molecule has 0 rings (SSSR count). The van der Waals surface area contributed by atoms with Gasteiger partial charge in [-0.05, 0) is 23.7 Å². The van der Waals surface area contributed by atoms with Gasteiger partial charge < -0.3 is 16.2 Å². The Balaban J connectivity index is 4.53. The molecule has 0 aliphatic carbocycles. The molecule has 0 saturated carbocycles. The highest BCUT2D eigenvalue weighted by Gasteiger charge is 2.25. The van der Waals surface area contributed by atoms with Crippen molar-refractivity contribution in [3.63, 3.8) is 0 Å². The number of rotatable bonds is 9. The minimum absolute atomic E-state index is 0.0677. The number of carboxylic acid groups (broad SMARTS) is 1. The Morgan fingerprint density at radius 3 is 2.15 bits per heavy atom. The predicted molar refractivity (Wildman–Crippen MR) is 80.2 cm³/mol. The van der Waals surface area contributed by atoms with Gasteiger partial charge in [0.2, 0.25) is 5.91 Å². The van der Waals surface area contributed by atoms with E-state index in [0.717, 1.165) is 6.42 Å². The Morgan fingerprint density at radius 1 is 1.20 bits per heavy atom. The smallest absolute Gasteiger partial charge is 0.303 e. The van der Waals surface area contributed by atoms with Gasteiger partial charge in [0, 0.05) is 6.54 Å². The summed E-state index contributed by atoms with van der Waals surface area (Å²) in [7, 11) is 0. The first-order valence-corrected chi connectivity index (χ1v) is 7.45. The summed E-state index contributed by atoms with van der Waals surface area (Å²) in [6, 6.07) is -0.528. The third-order valence-electron chi connectivity index (χ3n) is 4.33. The topological polar surface area (TPSA) is 92.4 Å². The normalized spacial score (nSPS) is 17.4. The molecule has 20 heavy (non-hydrogen) atoms. The number of nitrogens with one attached hydrogen (secondary N) is 1. The van der Waals surface area contributed by atoms with Crippen molar-refractivity contribution in [2.75, 3.05) is 6.54 Å². The van der Waals surface area contributed by atoms with Crippen LogP contribution in [0, 0.1) is 23.7 Å². The van der Waals surface area contributed by atoms with E-state index in [-0.39, 0.29) is 30.1 Å². The zero-order valence-corrected chi connectivity index (χ0v) is 13.3. The first-order valence-electron chi connectivity index (χ1n) is 7.45. The molecule has 5 heteroatoms. The molecule has 0 aliphatic rings. The number of hydrogen-bond donors (Lipinski definition) is 3. The van der Waals surface area contributed by atoms with Crippen molar-refractivity contribution in [3.8, 4) is 0 Å². The molecule has 0 aromatic carbocycles. The fraction of sp³-hybridized carbons (Fsp3) is 0.867. The first-order chi connectivity index (χ1) is 9.20. The molecule has 0 bridgehead atoms. The van der Waals surface area contributed by atoms with Crippen LogP contribution in [0.3, 0.4) is 0 Å². The summed E-state index contributed by atoms with van der Waals surface area (Å²) in [6.07, 6.45) is 0.910. The Labute approximate surface area is 122 Å². The standard InChI is InChI=1S/C15H30N2O3/c1-6-10(4)14(16)15(20)17-8-12(7-13(18)19)11(5)9(2)3/h9-12,14H,6-8,16H2,1-5H3,(H,17,20)(H,18,19). The molecule has 4 N–H and O–H groups in total. The van der Waals surface area contributed by atoms with Crippen LogP contribution in [-0.4, -0.2) is 29.6 Å². The number of carbonyl (C=O) groups excluding carboxylic acids is 1. The van der Waals surface area contributed by atoms with E-state index >= 15 is 0 Å². The fourth-order valence-electron chi connectivity index (χ4n) is 2.07. The van der Waals surface area contributed by atoms with Crippen molar-refractivity contribution in [2.24, 2.45) is 29.4 Å². The van der Waals surface area contributed by atoms with E-state index in [1.54, 1.807) is 0 Å². The van der Waals surface area contributed by atoms with Gasteiger partial charge in [-0.2, -0.15) is 0 Å². The number of amides is 1. The summed E-state index contributed by atoms with van der Waals surface area (Å²) < 4.78 is 0. The molecular weight excluding hydrogens is 256 g/mol. The van der Waals surface area contributed by atoms with Crippen LogP contribution in [0.25, 0.3) is 0 Å². The summed E-state index contributed by atoms with van der Waals surface area (Å²) in [5, 5.41) is 11.8. The van der Waals surface area contributed by atoms with E-state index in [1.807, 2.05) is 20.8 Å². The Bertz CT molecular complexity index is 318. The summed E-state index contributed by atoms with van der Waals surface area (Å²) in [5.41, 5.74) is 5.87. The van der Waals surface area contributed by atoms with Crippen LogP contribution in [0.5, 0.6) is 0 Å². The SMILES string of the molecule is CCC(C)C(N)C(=O)NCC(CC(=O)O)C(C)C(C)C. The van der Waals surface area contributed by atoms with Crippen LogP contribution in [0.4, 0.5) is 0 Å². The van der Waals surface area contributed by atoms with Crippen LogP contribution in [0.2, 0.25) is 0 Å². The Morgan fingerprint density at radius 2 is 1.75 bits per heavy atom. The lowest BCUT2D eigenvalue weighted by molar-refractivity contribution is -0.139. The maximum atomic E-state index is 11.9. The second-order valence-electron chi connectivity index (χ2n) is 6.12. The third kappa shape index (κ3) is 6.37. The number of carboxylic acids is 1. The lowest BCUT2D eigenvalue weighted by Crippen LogP contribution is -2.46. The van der Waals surface area contributed by atoms with Crippen molar-refractivity contribution in [3.05, 3.63) is 0 Å². The number of carbonyl (C=O) groups is 2. The maximum Gasteiger partial charge on any atom is 0.303 e. The lowest BCUT2D eigenvalue weighted by atomic mass is 9.83. The van der Waals surface area contributed by atoms with Crippen molar-refractivity contribution in [1.82, 2.24) is 5.32 Å². The largest absolute Gasteiger partial charge is 0.481 e. The molecule has 5 nitrogen and oxygen atoms in total. The quantitative estimate of drug-likeness (QED) is 0.603. The molecule has 118 valence electrons. The van der Waals surface area contributed by atoms with Gasteiger partial charge in [0.1, 0.15) is 0 Å². The van der Waals surface area contributed by atoms with Crippen LogP contribution in [0.15, 0.2) is 0 Å². The lowest BCUT2D eigenvalue weighted by Gasteiger charge is -2.27. The van der Waals surface area contributed by atoms with Gasteiger partial charge in [-0.25, -0.2) is 0 Å². The number of aliphatic carboxylic acids is 1. The van der Waals surface area contributed by atoms with E-state index < -0.39 is 12.0 Å². The van der Waals surface area contributed by atoms with E-state index in [1.165, 1.54) is 0 Å². The van der Waals surface area contributed by atoms with Crippen LogP contribution < -0.4 is 11.1 Å². The summed E-state index contributed by atoms with van der Waals surface area (Å²) in [4.78, 5) is 22.9. The van der Waals surface area contributed by atoms with Crippen molar-refractivity contribution in [1.29, 1.82) is 0 Å². The van der Waals surface area contributed by atoms with Crippen LogP contribution >= 0.6 is 0 Å². The molecule has 0 heterocycles. The van der Waals surface area contributed by atoms with Crippen molar-refractivity contribution >= 4 is 11.9 Å². The van der Waals surface area contributed by atoms with E-state index in [2.05, 4.69) is 19.2 Å². The third-order valence-corrected chi connectivity index (χ3v) is 4.33. The molecule has 0 saturated heterocycles. The monoisotopic (exact) mass is 286 g/mol. The number of nitrogens with two attached hydrogens (primary N) is 1. The first kappa shape index (κ1) is 18.9. The van der Waals surface area contributed by atoms with Gasteiger partial charge in [-0.1, -0.05) is 41.0 Å². The highest BCUT2D eigenvalue weighted by molar-refractivity contribution is 5.81. The molecule has 1 amide bonds. The van der Waals surface area contributed by atoms with E-state index in [4.69, 9.17) is 10.8 Å². The molecule has 0 aliphatic heterocycles. The van der Waals surface area contributed by atoms with Crippen molar-refractivity contribution in [2.45, 2.75) is 53.5 Å². The minimum Gasteiger partial charge on any atom is -0.481 e. The molecule has 4 unspecified atom stereocenters. The highest BCUT2D eigenvalue weighted by atomic mass is 16.4. The van der Waals surface area contributed by atoms with Crippen LogP contribution in [-0.2, 0) is 9.59 Å². The fourth-order valence-corrected chi connectivity index (χ4v) is 2.07. The Kier molecular flexibility index (Phi) is 8.46. The second kappa shape index (κ2) is 8.95. The molecule has 0 aromatic rings. The summed E-state index contributed by atoms with van der Waals surface area (Å²) >= 11 is 0. The van der Waals surface area contributed by atoms with E-state index in [9.17, 15) is 9.59 Å². The van der Waals surface area contributed by atoms with Crippen molar-refractivity contribution < 1.29 is 14.7 Å². The van der Waals surface area contributed by atoms with Gasteiger partial charge in [-0.15, -0.1) is 0 Å². The van der Waals surface area contributed by atoms with Gasteiger partial charge in [0.25, 0.3) is 0 Å². The highest BCUT2D eigenvalue weighted by Crippen LogP contribution is 2.23. The molecular formula is C15H30N2O3. The van der Waals surface area contributed by atoms with Gasteiger partial charge >= 0.3 is 5.97 Å². The minimum atomic E-state index is -0.831. The molecule has 4 atom stereocenters.